The van der Waals surface area contributed by atoms with E-state index in [1.165, 1.54) is 44.7 Å². The third-order valence-corrected chi connectivity index (χ3v) is 4.41. The number of amides is 1. The molecule has 0 bridgehead atoms. The molecule has 28 heavy (non-hydrogen) atoms. The lowest BCUT2D eigenvalue weighted by atomic mass is 10.2. The van der Waals surface area contributed by atoms with E-state index in [4.69, 9.17) is 14.0 Å². The van der Waals surface area contributed by atoms with Crippen molar-refractivity contribution >= 4 is 27.4 Å². The summed E-state index contributed by atoms with van der Waals surface area (Å²) in [5.41, 5.74) is 0.606. The van der Waals surface area contributed by atoms with Crippen LogP contribution in [0.5, 0.6) is 11.5 Å². The van der Waals surface area contributed by atoms with E-state index in [0.29, 0.717) is 22.9 Å². The van der Waals surface area contributed by atoms with E-state index in [2.05, 4.69) is 10.6 Å². The van der Waals surface area contributed by atoms with Gasteiger partial charge in [0.05, 0.1) is 19.1 Å². The van der Waals surface area contributed by atoms with Crippen LogP contribution in [0.1, 0.15) is 0 Å². The fraction of sp³-hybridized carbons (Fsp3) is 0.111. The van der Waals surface area contributed by atoms with Crippen molar-refractivity contribution in [1.82, 2.24) is 0 Å². The summed E-state index contributed by atoms with van der Waals surface area (Å²) in [5.74, 6) is 0.253. The second-order valence-corrected chi connectivity index (χ2v) is 6.76. The summed E-state index contributed by atoms with van der Waals surface area (Å²) in [6, 6.07) is 11.6. The lowest BCUT2D eigenvalue weighted by Gasteiger charge is -2.10. The molecule has 2 aromatic carbocycles. The topological polar surface area (TPSA) is 138 Å². The smallest absolute Gasteiger partial charge is 0.294 e. The highest BCUT2D eigenvalue weighted by Crippen LogP contribution is 2.29. The maximum atomic E-state index is 12.3. The molecule has 2 rings (SSSR count). The molecule has 0 spiro atoms. The van der Waals surface area contributed by atoms with Crippen molar-refractivity contribution in [3.05, 3.63) is 54.2 Å². The fourth-order valence-electron chi connectivity index (χ4n) is 2.14. The average molecular weight is 403 g/mol. The average Bonchev–Trinajstić information content (AvgIpc) is 2.68. The standard InChI is InChI=1S/C18H17N3O6S/c1-26-16-8-5-14(9-17(16)27-2)21-18(22)12(10-19)11-20-13-3-6-15(7-4-13)28(23,24)25/h3-9,11,20H,1-2H3,(H,21,22)(H,23,24,25)/b12-11-. The van der Waals surface area contributed by atoms with Gasteiger partial charge in [0.25, 0.3) is 16.0 Å². The van der Waals surface area contributed by atoms with Crippen LogP contribution in [0.25, 0.3) is 0 Å². The molecular weight excluding hydrogens is 386 g/mol. The highest BCUT2D eigenvalue weighted by Gasteiger charge is 2.12. The van der Waals surface area contributed by atoms with Gasteiger partial charge in [-0.3, -0.25) is 9.35 Å². The summed E-state index contributed by atoms with van der Waals surface area (Å²) >= 11 is 0. The summed E-state index contributed by atoms with van der Waals surface area (Å²) in [7, 11) is -1.35. The fourth-order valence-corrected chi connectivity index (χ4v) is 2.62. The minimum absolute atomic E-state index is 0.214. The summed E-state index contributed by atoms with van der Waals surface area (Å²) in [6.07, 6.45) is 1.18. The Kier molecular flexibility index (Phi) is 6.59. The van der Waals surface area contributed by atoms with Crippen LogP contribution in [0.15, 0.2) is 59.1 Å². The van der Waals surface area contributed by atoms with Gasteiger partial charge in [0, 0.05) is 23.6 Å². The number of rotatable bonds is 7. The molecule has 0 aliphatic carbocycles. The molecule has 10 heteroatoms. The van der Waals surface area contributed by atoms with Gasteiger partial charge in [0.2, 0.25) is 0 Å². The van der Waals surface area contributed by atoms with Gasteiger partial charge in [-0.1, -0.05) is 0 Å². The number of hydrogen-bond donors (Lipinski definition) is 3. The first-order valence-electron chi connectivity index (χ1n) is 7.76. The Morgan fingerprint density at radius 3 is 2.21 bits per heavy atom. The molecule has 0 fully saturated rings. The van der Waals surface area contributed by atoms with Gasteiger partial charge < -0.3 is 20.1 Å². The third-order valence-electron chi connectivity index (χ3n) is 3.54. The number of hydrogen-bond acceptors (Lipinski definition) is 7. The molecule has 0 aromatic heterocycles. The van der Waals surface area contributed by atoms with Crippen molar-refractivity contribution in [3.8, 4) is 17.6 Å². The Bertz CT molecular complexity index is 1040. The Balaban J connectivity index is 2.12. The molecule has 0 saturated heterocycles. The van der Waals surface area contributed by atoms with Gasteiger partial charge in [-0.05, 0) is 36.4 Å². The predicted octanol–water partition coefficient (Wildman–Crippen LogP) is 2.41. The van der Waals surface area contributed by atoms with Crippen molar-refractivity contribution < 1.29 is 27.2 Å². The minimum atomic E-state index is -4.29. The first-order valence-corrected chi connectivity index (χ1v) is 9.20. The van der Waals surface area contributed by atoms with Crippen LogP contribution in [0.2, 0.25) is 0 Å². The van der Waals surface area contributed by atoms with Crippen molar-refractivity contribution in [2.75, 3.05) is 24.9 Å². The van der Waals surface area contributed by atoms with E-state index >= 15 is 0 Å². The molecule has 0 heterocycles. The van der Waals surface area contributed by atoms with Crippen LogP contribution in [-0.2, 0) is 14.9 Å². The molecule has 0 aliphatic rings. The normalized spacial score (nSPS) is 11.3. The van der Waals surface area contributed by atoms with Crippen LogP contribution in [0, 0.1) is 11.3 Å². The Morgan fingerprint density at radius 2 is 1.68 bits per heavy atom. The maximum absolute atomic E-state index is 12.3. The van der Waals surface area contributed by atoms with Crippen LogP contribution in [0.3, 0.4) is 0 Å². The Morgan fingerprint density at radius 1 is 1.07 bits per heavy atom. The van der Waals surface area contributed by atoms with Gasteiger partial charge in [0.15, 0.2) is 11.5 Å². The van der Waals surface area contributed by atoms with E-state index < -0.39 is 16.0 Å². The lowest BCUT2D eigenvalue weighted by Crippen LogP contribution is -2.14. The zero-order chi connectivity index (χ0) is 20.7. The molecule has 0 atom stereocenters. The second kappa shape index (κ2) is 8.90. The number of carbonyl (C=O) groups excluding carboxylic acids is 1. The van der Waals surface area contributed by atoms with Crippen LogP contribution in [-0.4, -0.2) is 33.1 Å². The molecule has 0 unspecified atom stereocenters. The number of carbonyl (C=O) groups is 1. The third kappa shape index (κ3) is 5.23. The van der Waals surface area contributed by atoms with Gasteiger partial charge in [0.1, 0.15) is 11.6 Å². The van der Waals surface area contributed by atoms with Crippen molar-refractivity contribution in [2.24, 2.45) is 0 Å². The number of benzene rings is 2. The predicted molar refractivity (Wildman–Crippen MR) is 102 cm³/mol. The first-order chi connectivity index (χ1) is 13.3. The lowest BCUT2D eigenvalue weighted by molar-refractivity contribution is -0.112. The number of ether oxygens (including phenoxy) is 2. The number of nitrogens with one attached hydrogen (secondary N) is 2. The SMILES string of the molecule is COc1ccc(NC(=O)/C(C#N)=C\Nc2ccc(S(=O)(=O)O)cc2)cc1OC. The minimum Gasteiger partial charge on any atom is -0.493 e. The largest absolute Gasteiger partial charge is 0.493 e. The molecule has 0 saturated carbocycles. The zero-order valence-corrected chi connectivity index (χ0v) is 15.8. The molecule has 0 radical (unpaired) electrons. The van der Waals surface area contributed by atoms with E-state index in [1.54, 1.807) is 24.3 Å². The summed E-state index contributed by atoms with van der Waals surface area (Å²) in [6.45, 7) is 0. The van der Waals surface area contributed by atoms with Gasteiger partial charge >= 0.3 is 0 Å². The van der Waals surface area contributed by atoms with Crippen molar-refractivity contribution in [3.63, 3.8) is 0 Å². The van der Waals surface area contributed by atoms with Crippen LogP contribution >= 0.6 is 0 Å². The number of methoxy groups -OCH3 is 2. The maximum Gasteiger partial charge on any atom is 0.294 e. The molecule has 3 N–H and O–H groups in total. The van der Waals surface area contributed by atoms with Crippen molar-refractivity contribution in [2.45, 2.75) is 4.90 Å². The Labute approximate surface area is 161 Å². The Hall–Kier alpha value is -3.55. The summed E-state index contributed by atoms with van der Waals surface area (Å²) in [4.78, 5) is 12.0. The van der Waals surface area contributed by atoms with E-state index in [-0.39, 0.29) is 10.5 Å². The zero-order valence-electron chi connectivity index (χ0n) is 15.0. The van der Waals surface area contributed by atoms with Gasteiger partial charge in [-0.2, -0.15) is 13.7 Å². The molecule has 2 aromatic rings. The molecule has 1 amide bonds. The quantitative estimate of drug-likeness (QED) is 0.364. The van der Waals surface area contributed by atoms with E-state index in [9.17, 15) is 18.5 Å². The summed E-state index contributed by atoms with van der Waals surface area (Å²) in [5, 5.41) is 14.5. The number of anilines is 2. The number of nitriles is 1. The van der Waals surface area contributed by atoms with Gasteiger partial charge in [-0.25, -0.2) is 0 Å². The molecule has 9 nitrogen and oxygen atoms in total. The van der Waals surface area contributed by atoms with E-state index in [0.717, 1.165) is 0 Å². The molecule has 146 valence electrons. The van der Waals surface area contributed by atoms with E-state index in [1.807, 2.05) is 0 Å². The first kappa shape index (κ1) is 20.8. The van der Waals surface area contributed by atoms with Crippen LogP contribution in [0.4, 0.5) is 11.4 Å². The molecular formula is C18H17N3O6S. The summed E-state index contributed by atoms with van der Waals surface area (Å²) < 4.78 is 41.3. The highest BCUT2D eigenvalue weighted by molar-refractivity contribution is 7.85. The molecule has 0 aliphatic heterocycles. The monoisotopic (exact) mass is 403 g/mol. The van der Waals surface area contributed by atoms with Crippen molar-refractivity contribution in [1.29, 1.82) is 5.26 Å². The van der Waals surface area contributed by atoms with Crippen LogP contribution < -0.4 is 20.1 Å². The second-order valence-electron chi connectivity index (χ2n) is 5.34. The number of nitrogens with zero attached hydrogens (tertiary/aromatic N) is 1. The highest BCUT2D eigenvalue weighted by atomic mass is 32.2. The van der Waals surface area contributed by atoms with Gasteiger partial charge in [-0.15, -0.1) is 0 Å².